The summed E-state index contributed by atoms with van der Waals surface area (Å²) < 4.78 is 0. The van der Waals surface area contributed by atoms with E-state index in [1.165, 1.54) is 19.3 Å². The van der Waals surface area contributed by atoms with Gasteiger partial charge in [-0.15, -0.1) is 0 Å². The van der Waals surface area contributed by atoms with Gasteiger partial charge in [-0.25, -0.2) is 0 Å². The molecule has 0 spiro atoms. The fourth-order valence-electron chi connectivity index (χ4n) is 2.15. The third-order valence-corrected chi connectivity index (χ3v) is 3.39. The van der Waals surface area contributed by atoms with Crippen LogP contribution in [0, 0.1) is 11.8 Å². The first-order valence-electron chi connectivity index (χ1n) is 5.50. The van der Waals surface area contributed by atoms with Gasteiger partial charge < -0.3 is 10.4 Å². The summed E-state index contributed by atoms with van der Waals surface area (Å²) in [5, 5.41) is 12.4. The predicted molar refractivity (Wildman–Crippen MR) is 55.7 cm³/mol. The summed E-state index contributed by atoms with van der Waals surface area (Å²) in [7, 11) is 0. The molecule has 1 rings (SSSR count). The lowest BCUT2D eigenvalue weighted by Crippen LogP contribution is -2.42. The number of hydrogen-bond donors (Lipinski definition) is 2. The van der Waals surface area contributed by atoms with E-state index in [0.717, 1.165) is 11.8 Å². The average Bonchev–Trinajstić information content (AvgIpc) is 2.11. The van der Waals surface area contributed by atoms with E-state index >= 15 is 0 Å². The highest BCUT2D eigenvalue weighted by Crippen LogP contribution is 2.29. The zero-order valence-corrected chi connectivity index (χ0v) is 9.09. The molecule has 2 heteroatoms. The van der Waals surface area contributed by atoms with Crippen molar-refractivity contribution in [2.75, 3.05) is 6.61 Å². The molecule has 0 aromatic heterocycles. The van der Waals surface area contributed by atoms with Crippen molar-refractivity contribution < 1.29 is 5.11 Å². The standard InChI is InChI=1S/C11H23NO/c1-8-4-5-11(6-9(8)2)12-10(3)7-13/h8-13H,4-7H2,1-3H3/t8-,9-,10-,11-/m1/s1. The zero-order valence-electron chi connectivity index (χ0n) is 9.09. The number of hydrogen-bond acceptors (Lipinski definition) is 2. The van der Waals surface area contributed by atoms with Crippen molar-refractivity contribution in [3.05, 3.63) is 0 Å². The molecule has 0 amide bonds. The number of nitrogens with one attached hydrogen (secondary N) is 1. The predicted octanol–water partition coefficient (Wildman–Crippen LogP) is 1.78. The van der Waals surface area contributed by atoms with Crippen LogP contribution in [-0.2, 0) is 0 Å². The lowest BCUT2D eigenvalue weighted by atomic mass is 9.79. The molecule has 2 nitrogen and oxygen atoms in total. The maximum absolute atomic E-state index is 8.92. The monoisotopic (exact) mass is 185 g/mol. The van der Waals surface area contributed by atoms with Crippen LogP contribution in [0.5, 0.6) is 0 Å². The van der Waals surface area contributed by atoms with Gasteiger partial charge in [-0.2, -0.15) is 0 Å². The molecule has 0 unspecified atom stereocenters. The normalized spacial score (nSPS) is 37.4. The molecule has 1 fully saturated rings. The Bertz CT molecular complexity index is 147. The van der Waals surface area contributed by atoms with E-state index in [9.17, 15) is 0 Å². The Kier molecular flexibility index (Phi) is 4.20. The molecule has 0 aromatic carbocycles. The summed E-state index contributed by atoms with van der Waals surface area (Å²) in [6, 6.07) is 0.888. The Morgan fingerprint density at radius 3 is 2.54 bits per heavy atom. The molecule has 1 saturated carbocycles. The molecule has 78 valence electrons. The Morgan fingerprint density at radius 2 is 2.00 bits per heavy atom. The highest BCUT2D eigenvalue weighted by atomic mass is 16.3. The minimum atomic E-state index is 0.250. The minimum Gasteiger partial charge on any atom is -0.395 e. The molecule has 13 heavy (non-hydrogen) atoms. The van der Waals surface area contributed by atoms with Crippen molar-refractivity contribution in [3.8, 4) is 0 Å². The summed E-state index contributed by atoms with van der Waals surface area (Å²) in [4.78, 5) is 0. The molecule has 2 N–H and O–H groups in total. The van der Waals surface area contributed by atoms with Gasteiger partial charge in [-0.05, 0) is 38.0 Å². The molecule has 0 radical (unpaired) electrons. The lowest BCUT2D eigenvalue weighted by Gasteiger charge is -2.34. The van der Waals surface area contributed by atoms with Gasteiger partial charge in [0.15, 0.2) is 0 Å². The smallest absolute Gasteiger partial charge is 0.0582 e. The van der Waals surface area contributed by atoms with Crippen molar-refractivity contribution in [2.24, 2.45) is 11.8 Å². The first kappa shape index (κ1) is 11.0. The van der Waals surface area contributed by atoms with Crippen LogP contribution in [0.4, 0.5) is 0 Å². The van der Waals surface area contributed by atoms with Crippen LogP contribution >= 0.6 is 0 Å². The molecule has 0 heterocycles. The zero-order chi connectivity index (χ0) is 9.84. The van der Waals surface area contributed by atoms with Crippen LogP contribution < -0.4 is 5.32 Å². The van der Waals surface area contributed by atoms with Crippen molar-refractivity contribution in [3.63, 3.8) is 0 Å². The minimum absolute atomic E-state index is 0.250. The second kappa shape index (κ2) is 4.97. The van der Waals surface area contributed by atoms with E-state index in [2.05, 4.69) is 19.2 Å². The highest BCUT2D eigenvalue weighted by molar-refractivity contribution is 4.81. The van der Waals surface area contributed by atoms with Crippen LogP contribution in [-0.4, -0.2) is 23.8 Å². The Labute approximate surface area is 81.7 Å². The van der Waals surface area contributed by atoms with Crippen molar-refractivity contribution in [1.29, 1.82) is 0 Å². The van der Waals surface area contributed by atoms with Crippen molar-refractivity contribution in [2.45, 2.75) is 52.1 Å². The van der Waals surface area contributed by atoms with Gasteiger partial charge in [0.1, 0.15) is 0 Å². The van der Waals surface area contributed by atoms with Gasteiger partial charge in [0.25, 0.3) is 0 Å². The molecular formula is C11H23NO. The van der Waals surface area contributed by atoms with Crippen LogP contribution in [0.1, 0.15) is 40.0 Å². The summed E-state index contributed by atoms with van der Waals surface area (Å²) in [6.07, 6.45) is 3.87. The Balaban J connectivity index is 2.29. The van der Waals surface area contributed by atoms with Crippen LogP contribution in [0.2, 0.25) is 0 Å². The molecule has 0 aliphatic heterocycles. The first-order chi connectivity index (χ1) is 6.13. The van der Waals surface area contributed by atoms with Gasteiger partial charge in [0.2, 0.25) is 0 Å². The molecule has 0 saturated heterocycles. The fraction of sp³-hybridized carbons (Fsp3) is 1.00. The SMILES string of the molecule is C[C@H](CO)N[C@@H]1CC[C@@H](C)[C@H](C)C1. The third-order valence-electron chi connectivity index (χ3n) is 3.39. The van der Waals surface area contributed by atoms with E-state index < -0.39 is 0 Å². The van der Waals surface area contributed by atoms with Crippen LogP contribution in [0.3, 0.4) is 0 Å². The quantitative estimate of drug-likeness (QED) is 0.702. The maximum Gasteiger partial charge on any atom is 0.0582 e. The van der Waals surface area contributed by atoms with Gasteiger partial charge in [0, 0.05) is 12.1 Å². The maximum atomic E-state index is 8.92. The molecular weight excluding hydrogens is 162 g/mol. The summed E-state index contributed by atoms with van der Waals surface area (Å²) >= 11 is 0. The summed E-state index contributed by atoms with van der Waals surface area (Å²) in [5.74, 6) is 1.71. The second-order valence-electron chi connectivity index (χ2n) is 4.71. The van der Waals surface area contributed by atoms with Crippen molar-refractivity contribution in [1.82, 2.24) is 5.32 Å². The van der Waals surface area contributed by atoms with Crippen LogP contribution in [0.15, 0.2) is 0 Å². The van der Waals surface area contributed by atoms with E-state index in [1.807, 2.05) is 6.92 Å². The number of aliphatic hydroxyl groups excluding tert-OH is 1. The van der Waals surface area contributed by atoms with Gasteiger partial charge >= 0.3 is 0 Å². The molecule has 1 aliphatic rings. The third kappa shape index (κ3) is 3.28. The fourth-order valence-corrected chi connectivity index (χ4v) is 2.15. The van der Waals surface area contributed by atoms with E-state index in [1.54, 1.807) is 0 Å². The van der Waals surface area contributed by atoms with E-state index in [4.69, 9.17) is 5.11 Å². The van der Waals surface area contributed by atoms with Gasteiger partial charge in [-0.3, -0.25) is 0 Å². The van der Waals surface area contributed by atoms with E-state index in [-0.39, 0.29) is 12.6 Å². The van der Waals surface area contributed by atoms with Gasteiger partial charge in [-0.1, -0.05) is 13.8 Å². The molecule has 1 aliphatic carbocycles. The summed E-state index contributed by atoms with van der Waals surface area (Å²) in [5.41, 5.74) is 0. The first-order valence-corrected chi connectivity index (χ1v) is 5.50. The van der Waals surface area contributed by atoms with Crippen molar-refractivity contribution >= 4 is 0 Å². The average molecular weight is 185 g/mol. The topological polar surface area (TPSA) is 32.3 Å². The Morgan fingerprint density at radius 1 is 1.31 bits per heavy atom. The highest BCUT2D eigenvalue weighted by Gasteiger charge is 2.24. The number of aliphatic hydroxyl groups is 1. The molecule has 4 atom stereocenters. The molecule has 0 bridgehead atoms. The largest absolute Gasteiger partial charge is 0.395 e. The number of rotatable bonds is 3. The second-order valence-corrected chi connectivity index (χ2v) is 4.71. The molecule has 0 aromatic rings. The Hall–Kier alpha value is -0.0800. The van der Waals surface area contributed by atoms with Gasteiger partial charge in [0.05, 0.1) is 6.61 Å². The van der Waals surface area contributed by atoms with Crippen LogP contribution in [0.25, 0.3) is 0 Å². The summed E-state index contributed by atoms with van der Waals surface area (Å²) in [6.45, 7) is 6.97. The van der Waals surface area contributed by atoms with E-state index in [0.29, 0.717) is 6.04 Å². The lowest BCUT2D eigenvalue weighted by molar-refractivity contribution is 0.188.